The lowest BCUT2D eigenvalue weighted by Crippen LogP contribution is -2.25. The van der Waals surface area contributed by atoms with Gasteiger partial charge < -0.3 is 10.1 Å². The van der Waals surface area contributed by atoms with Crippen molar-refractivity contribution in [3.8, 4) is 0 Å². The molecule has 0 unspecified atom stereocenters. The van der Waals surface area contributed by atoms with Gasteiger partial charge in [0.25, 0.3) is 5.91 Å². The van der Waals surface area contributed by atoms with Crippen LogP contribution in [0.25, 0.3) is 10.8 Å². The summed E-state index contributed by atoms with van der Waals surface area (Å²) in [6, 6.07) is 11.9. The minimum absolute atomic E-state index is 0.129. The summed E-state index contributed by atoms with van der Waals surface area (Å²) in [5.41, 5.74) is 1.79. The zero-order chi connectivity index (χ0) is 18.4. The van der Waals surface area contributed by atoms with E-state index < -0.39 is 0 Å². The molecule has 26 heavy (non-hydrogen) atoms. The first kappa shape index (κ1) is 18.4. The number of amides is 1. The van der Waals surface area contributed by atoms with E-state index in [2.05, 4.69) is 30.3 Å². The number of rotatable bonds is 7. The Balaban J connectivity index is 1.58. The molecule has 2 aromatic rings. The van der Waals surface area contributed by atoms with E-state index in [-0.39, 0.29) is 11.9 Å². The molecule has 3 rings (SSSR count). The molecule has 1 amide bonds. The summed E-state index contributed by atoms with van der Waals surface area (Å²) in [5, 5.41) is 4.98. The van der Waals surface area contributed by atoms with E-state index in [9.17, 15) is 9.59 Å². The van der Waals surface area contributed by atoms with Crippen LogP contribution in [-0.2, 0) is 9.53 Å². The van der Waals surface area contributed by atoms with Crippen LogP contribution in [0.2, 0.25) is 0 Å². The highest BCUT2D eigenvalue weighted by atomic mass is 16.5. The molecule has 5 radical (unpaired) electrons. The van der Waals surface area contributed by atoms with Crippen LogP contribution in [0.15, 0.2) is 36.4 Å². The average molecular weight is 348 g/mol. The Morgan fingerprint density at radius 2 is 1.73 bits per heavy atom. The number of carbonyl (C=O) groups excluding carboxylic acids is 2. The molecule has 1 aliphatic rings. The lowest BCUT2D eigenvalue weighted by molar-refractivity contribution is -0.143. The van der Waals surface area contributed by atoms with Gasteiger partial charge in [-0.1, -0.05) is 24.3 Å². The SMILES string of the molecule is CCOC(=O)CCCNC(=O)c1ccc2cc([C]3[CH][CH][CH][CH]3)ccc2c1. The van der Waals surface area contributed by atoms with Crippen molar-refractivity contribution in [2.45, 2.75) is 19.8 Å². The van der Waals surface area contributed by atoms with E-state index in [1.165, 1.54) is 11.5 Å². The second kappa shape index (κ2) is 8.84. The first-order valence-electron chi connectivity index (χ1n) is 8.87. The van der Waals surface area contributed by atoms with Gasteiger partial charge in [-0.2, -0.15) is 0 Å². The standard InChI is InChI=1S/C22H22NO3/c1-2-26-21(24)8-5-13-23-22(25)20-12-11-18-14-17(9-10-19(18)15-20)16-6-3-4-7-16/h3-4,6-7,9-12,14-15H,2,5,8,13H2,1H3,(H,23,25). The largest absolute Gasteiger partial charge is 0.466 e. The number of benzene rings is 2. The fourth-order valence-corrected chi connectivity index (χ4v) is 2.90. The highest BCUT2D eigenvalue weighted by molar-refractivity contribution is 5.98. The van der Waals surface area contributed by atoms with Gasteiger partial charge in [-0.15, -0.1) is 0 Å². The smallest absolute Gasteiger partial charge is 0.305 e. The number of fused-ring (bicyclic) bond motifs is 1. The topological polar surface area (TPSA) is 55.4 Å². The Labute approximate surface area is 154 Å². The van der Waals surface area contributed by atoms with E-state index in [0.29, 0.717) is 31.6 Å². The molecule has 4 heteroatoms. The Morgan fingerprint density at radius 3 is 2.50 bits per heavy atom. The minimum Gasteiger partial charge on any atom is -0.466 e. The molecule has 0 atom stereocenters. The van der Waals surface area contributed by atoms with E-state index >= 15 is 0 Å². The Hall–Kier alpha value is -2.36. The van der Waals surface area contributed by atoms with Gasteiger partial charge >= 0.3 is 5.97 Å². The van der Waals surface area contributed by atoms with E-state index in [0.717, 1.165) is 10.8 Å². The molecule has 1 fully saturated rings. The first-order chi connectivity index (χ1) is 12.7. The minimum atomic E-state index is -0.229. The summed E-state index contributed by atoms with van der Waals surface area (Å²) >= 11 is 0. The highest BCUT2D eigenvalue weighted by Crippen LogP contribution is 2.31. The van der Waals surface area contributed by atoms with Crippen molar-refractivity contribution < 1.29 is 14.3 Å². The third kappa shape index (κ3) is 4.63. The molecule has 1 N–H and O–H groups in total. The normalized spacial score (nSPS) is 14.5. The second-order valence-corrected chi connectivity index (χ2v) is 6.11. The highest BCUT2D eigenvalue weighted by Gasteiger charge is 2.19. The molecule has 4 nitrogen and oxygen atoms in total. The average Bonchev–Trinajstić information content (AvgIpc) is 3.19. The number of nitrogens with one attached hydrogen (secondary N) is 1. The van der Waals surface area contributed by atoms with Crippen LogP contribution in [-0.4, -0.2) is 25.0 Å². The lowest BCUT2D eigenvalue weighted by Gasteiger charge is -2.10. The zero-order valence-electron chi connectivity index (χ0n) is 14.8. The molecule has 0 heterocycles. The van der Waals surface area contributed by atoms with Crippen LogP contribution in [0, 0.1) is 31.6 Å². The van der Waals surface area contributed by atoms with Gasteiger partial charge in [0, 0.05) is 24.4 Å². The van der Waals surface area contributed by atoms with E-state index in [4.69, 9.17) is 4.74 Å². The fourth-order valence-electron chi connectivity index (χ4n) is 2.90. The maximum atomic E-state index is 12.3. The molecule has 1 saturated carbocycles. The van der Waals surface area contributed by atoms with Gasteiger partial charge in [-0.25, -0.2) is 0 Å². The number of esters is 1. The first-order valence-corrected chi connectivity index (χ1v) is 8.87. The van der Waals surface area contributed by atoms with Gasteiger partial charge in [-0.05, 0) is 67.5 Å². The predicted octanol–water partition coefficient (Wildman–Crippen LogP) is 3.67. The summed E-state index contributed by atoms with van der Waals surface area (Å²) in [6.45, 7) is 2.61. The Morgan fingerprint density at radius 1 is 1.00 bits per heavy atom. The van der Waals surface area contributed by atoms with Crippen LogP contribution in [0.4, 0.5) is 0 Å². The van der Waals surface area contributed by atoms with Crippen molar-refractivity contribution in [2.24, 2.45) is 0 Å². The van der Waals surface area contributed by atoms with Crippen molar-refractivity contribution >= 4 is 22.6 Å². The fraction of sp³-hybridized carbons (Fsp3) is 0.227. The second-order valence-electron chi connectivity index (χ2n) is 6.11. The molecule has 0 aliphatic heterocycles. The number of ether oxygens (including phenoxy) is 1. The predicted molar refractivity (Wildman–Crippen MR) is 102 cm³/mol. The molecular weight excluding hydrogens is 326 g/mol. The van der Waals surface area contributed by atoms with Crippen LogP contribution in [0.1, 0.15) is 35.7 Å². The lowest BCUT2D eigenvalue weighted by atomic mass is 9.94. The Bertz CT molecular complexity index is 778. The molecule has 0 aromatic heterocycles. The molecule has 0 saturated heterocycles. The molecule has 133 valence electrons. The van der Waals surface area contributed by atoms with Gasteiger partial charge in [0.15, 0.2) is 0 Å². The van der Waals surface area contributed by atoms with E-state index in [1.54, 1.807) is 6.92 Å². The summed E-state index contributed by atoms with van der Waals surface area (Å²) in [5.74, 6) is 0.833. The third-order valence-corrected chi connectivity index (χ3v) is 4.25. The van der Waals surface area contributed by atoms with Crippen LogP contribution < -0.4 is 5.32 Å². The summed E-state index contributed by atoms with van der Waals surface area (Å²) < 4.78 is 4.87. The maximum absolute atomic E-state index is 12.3. The monoisotopic (exact) mass is 348 g/mol. The van der Waals surface area contributed by atoms with Crippen LogP contribution >= 0.6 is 0 Å². The quantitative estimate of drug-likeness (QED) is 0.614. The van der Waals surface area contributed by atoms with Crippen molar-refractivity contribution in [2.75, 3.05) is 13.2 Å². The van der Waals surface area contributed by atoms with Crippen molar-refractivity contribution in [1.29, 1.82) is 0 Å². The van der Waals surface area contributed by atoms with Crippen molar-refractivity contribution in [3.05, 3.63) is 79.1 Å². The number of hydrogen-bond acceptors (Lipinski definition) is 3. The molecule has 1 aliphatic carbocycles. The number of hydrogen-bond donors (Lipinski definition) is 1. The van der Waals surface area contributed by atoms with Gasteiger partial charge in [0.05, 0.1) is 6.61 Å². The molecule has 2 aromatic carbocycles. The Kier molecular flexibility index (Phi) is 6.26. The van der Waals surface area contributed by atoms with Crippen LogP contribution in [0.5, 0.6) is 0 Å². The van der Waals surface area contributed by atoms with E-state index in [1.807, 2.05) is 37.1 Å². The van der Waals surface area contributed by atoms with Crippen LogP contribution in [0.3, 0.4) is 0 Å². The van der Waals surface area contributed by atoms with Gasteiger partial charge in [0.2, 0.25) is 0 Å². The van der Waals surface area contributed by atoms with Gasteiger partial charge in [-0.3, -0.25) is 9.59 Å². The summed E-state index contributed by atoms with van der Waals surface area (Å²) in [4.78, 5) is 23.6. The van der Waals surface area contributed by atoms with Crippen molar-refractivity contribution in [1.82, 2.24) is 5.32 Å². The summed E-state index contributed by atoms with van der Waals surface area (Å²) in [6.07, 6.45) is 9.10. The molecule has 0 bridgehead atoms. The zero-order valence-corrected chi connectivity index (χ0v) is 14.8. The maximum Gasteiger partial charge on any atom is 0.305 e. The number of carbonyl (C=O) groups is 2. The van der Waals surface area contributed by atoms with Gasteiger partial charge in [0.1, 0.15) is 0 Å². The van der Waals surface area contributed by atoms with Crippen molar-refractivity contribution in [3.63, 3.8) is 0 Å². The summed E-state index contributed by atoms with van der Waals surface area (Å²) in [7, 11) is 0. The molecular formula is C22H22NO3. The molecule has 0 spiro atoms. The third-order valence-electron chi connectivity index (χ3n) is 4.25.